The van der Waals surface area contributed by atoms with Gasteiger partial charge in [0, 0.05) is 6.61 Å². The third-order valence-electron chi connectivity index (χ3n) is 0.744. The number of hydrogen-bond donors (Lipinski definition) is 1. The topological polar surface area (TPSA) is 37.3 Å². The summed E-state index contributed by atoms with van der Waals surface area (Å²) in [5.41, 5.74) is 0. The maximum atomic E-state index is 9.62. The molecule has 2 nitrogen and oxygen atoms in total. The lowest BCUT2D eigenvalue weighted by Crippen LogP contribution is -1.77. The zero-order valence-corrected chi connectivity index (χ0v) is 4.71. The number of aliphatic hydroxyl groups excluding tert-OH is 1. The Kier molecular flexibility index (Phi) is 5.87. The molecule has 0 aliphatic heterocycles. The van der Waals surface area contributed by atoms with E-state index in [1.807, 2.05) is 0 Å². The van der Waals surface area contributed by atoms with Crippen molar-refractivity contribution >= 4 is 6.29 Å². The predicted octanol–water partition coefficient (Wildman–Crippen LogP) is 0.514. The van der Waals surface area contributed by atoms with E-state index >= 15 is 0 Å². The van der Waals surface area contributed by atoms with E-state index in [0.717, 1.165) is 19.1 Å². The van der Waals surface area contributed by atoms with Crippen molar-refractivity contribution in [2.45, 2.75) is 12.8 Å². The van der Waals surface area contributed by atoms with Crippen molar-refractivity contribution in [3.8, 4) is 0 Å². The van der Waals surface area contributed by atoms with Gasteiger partial charge in [-0.25, -0.2) is 0 Å². The second-order valence-electron chi connectivity index (χ2n) is 1.43. The SMILES string of the molecule is O=CC=CCCCO. The molecule has 2 heteroatoms. The Morgan fingerprint density at radius 3 is 2.75 bits per heavy atom. The van der Waals surface area contributed by atoms with Gasteiger partial charge < -0.3 is 5.11 Å². The van der Waals surface area contributed by atoms with Gasteiger partial charge in [-0.2, -0.15) is 0 Å². The third kappa shape index (κ3) is 5.37. The number of aldehydes is 1. The van der Waals surface area contributed by atoms with E-state index in [-0.39, 0.29) is 6.61 Å². The summed E-state index contributed by atoms with van der Waals surface area (Å²) >= 11 is 0. The highest BCUT2D eigenvalue weighted by molar-refractivity contribution is 5.64. The highest BCUT2D eigenvalue weighted by Crippen LogP contribution is 1.86. The van der Waals surface area contributed by atoms with E-state index in [2.05, 4.69) is 0 Å². The van der Waals surface area contributed by atoms with Gasteiger partial charge in [-0.15, -0.1) is 0 Å². The van der Waals surface area contributed by atoms with Gasteiger partial charge in [-0.1, -0.05) is 6.08 Å². The molecular formula is C6H10O2. The van der Waals surface area contributed by atoms with Gasteiger partial charge in [0.15, 0.2) is 0 Å². The summed E-state index contributed by atoms with van der Waals surface area (Å²) in [4.78, 5) is 9.62. The van der Waals surface area contributed by atoms with Crippen molar-refractivity contribution < 1.29 is 9.90 Å². The first-order chi connectivity index (χ1) is 3.91. The highest BCUT2D eigenvalue weighted by Gasteiger charge is 1.75. The maximum absolute atomic E-state index is 9.62. The number of carbonyl (C=O) groups excluding carboxylic acids is 1. The van der Waals surface area contributed by atoms with Crippen molar-refractivity contribution in [2.75, 3.05) is 6.61 Å². The zero-order valence-electron chi connectivity index (χ0n) is 4.71. The van der Waals surface area contributed by atoms with E-state index < -0.39 is 0 Å². The molecule has 0 saturated carbocycles. The molecular weight excluding hydrogens is 104 g/mol. The second kappa shape index (κ2) is 6.37. The third-order valence-corrected chi connectivity index (χ3v) is 0.744. The van der Waals surface area contributed by atoms with E-state index in [9.17, 15) is 4.79 Å². The van der Waals surface area contributed by atoms with Crippen molar-refractivity contribution in [3.63, 3.8) is 0 Å². The molecule has 0 aromatic rings. The molecule has 0 spiro atoms. The Labute approximate surface area is 48.8 Å². The molecule has 8 heavy (non-hydrogen) atoms. The summed E-state index contributed by atoms with van der Waals surface area (Å²) in [5.74, 6) is 0. The lowest BCUT2D eigenvalue weighted by Gasteiger charge is -1.83. The van der Waals surface area contributed by atoms with E-state index in [1.54, 1.807) is 6.08 Å². The summed E-state index contributed by atoms with van der Waals surface area (Å²) < 4.78 is 0. The van der Waals surface area contributed by atoms with Crippen LogP contribution in [0.2, 0.25) is 0 Å². The maximum Gasteiger partial charge on any atom is 0.142 e. The molecule has 0 aromatic carbocycles. The van der Waals surface area contributed by atoms with E-state index in [4.69, 9.17) is 5.11 Å². The Balaban J connectivity index is 2.91. The molecule has 0 fully saturated rings. The number of hydrogen-bond acceptors (Lipinski definition) is 2. The summed E-state index contributed by atoms with van der Waals surface area (Å²) in [7, 11) is 0. The van der Waals surface area contributed by atoms with Crippen LogP contribution in [0.25, 0.3) is 0 Å². The minimum absolute atomic E-state index is 0.198. The predicted molar refractivity (Wildman–Crippen MR) is 31.5 cm³/mol. The van der Waals surface area contributed by atoms with Crippen molar-refractivity contribution in [1.29, 1.82) is 0 Å². The molecule has 0 rings (SSSR count). The van der Waals surface area contributed by atoms with Crippen LogP contribution in [0, 0.1) is 0 Å². The minimum atomic E-state index is 0.198. The normalized spacial score (nSPS) is 10.1. The van der Waals surface area contributed by atoms with Gasteiger partial charge in [0.05, 0.1) is 0 Å². The van der Waals surface area contributed by atoms with Crippen molar-refractivity contribution in [3.05, 3.63) is 12.2 Å². The quantitative estimate of drug-likeness (QED) is 0.328. The molecule has 0 bridgehead atoms. The molecule has 0 heterocycles. The molecule has 0 aromatic heterocycles. The number of aliphatic hydroxyl groups is 1. The summed E-state index contributed by atoms with van der Waals surface area (Å²) in [6.07, 6.45) is 5.44. The largest absolute Gasteiger partial charge is 0.396 e. The minimum Gasteiger partial charge on any atom is -0.396 e. The van der Waals surface area contributed by atoms with E-state index in [0.29, 0.717) is 0 Å². The van der Waals surface area contributed by atoms with Gasteiger partial charge in [0.2, 0.25) is 0 Å². The molecule has 0 saturated heterocycles. The fourth-order valence-electron chi connectivity index (χ4n) is 0.361. The van der Waals surface area contributed by atoms with Crippen LogP contribution in [0.1, 0.15) is 12.8 Å². The van der Waals surface area contributed by atoms with Crippen LogP contribution in [0.15, 0.2) is 12.2 Å². The molecule has 1 N–H and O–H groups in total. The van der Waals surface area contributed by atoms with Gasteiger partial charge in [0.25, 0.3) is 0 Å². The van der Waals surface area contributed by atoms with Gasteiger partial charge in [0.1, 0.15) is 6.29 Å². The van der Waals surface area contributed by atoms with Gasteiger partial charge >= 0.3 is 0 Å². The molecule has 0 radical (unpaired) electrons. The van der Waals surface area contributed by atoms with Crippen molar-refractivity contribution in [2.24, 2.45) is 0 Å². The van der Waals surface area contributed by atoms with Crippen LogP contribution in [0.3, 0.4) is 0 Å². The standard InChI is InChI=1S/C6H10O2/c7-5-3-1-2-4-6-8/h1,3,5,8H,2,4,6H2. The van der Waals surface area contributed by atoms with Crippen LogP contribution in [-0.2, 0) is 4.79 Å². The lowest BCUT2D eigenvalue weighted by molar-refractivity contribution is -0.104. The van der Waals surface area contributed by atoms with Crippen LogP contribution in [0.4, 0.5) is 0 Å². The average molecular weight is 114 g/mol. The number of rotatable bonds is 4. The first-order valence-electron chi connectivity index (χ1n) is 2.63. The molecule has 46 valence electrons. The summed E-state index contributed by atoms with van der Waals surface area (Å²) in [5, 5.41) is 8.24. The molecule has 0 aliphatic carbocycles. The van der Waals surface area contributed by atoms with Crippen LogP contribution in [0.5, 0.6) is 0 Å². The Bertz CT molecular complexity index is 76.6. The first-order valence-corrected chi connectivity index (χ1v) is 2.63. The average Bonchev–Trinajstić information content (AvgIpc) is 1.81. The van der Waals surface area contributed by atoms with E-state index in [1.165, 1.54) is 6.08 Å². The zero-order chi connectivity index (χ0) is 6.24. The Hall–Kier alpha value is -0.630. The van der Waals surface area contributed by atoms with Crippen LogP contribution in [-0.4, -0.2) is 18.0 Å². The smallest absolute Gasteiger partial charge is 0.142 e. The van der Waals surface area contributed by atoms with Gasteiger partial charge in [-0.05, 0) is 18.9 Å². The van der Waals surface area contributed by atoms with Gasteiger partial charge in [-0.3, -0.25) is 4.79 Å². The second-order valence-corrected chi connectivity index (χ2v) is 1.43. The molecule has 0 atom stereocenters. The van der Waals surface area contributed by atoms with Crippen LogP contribution >= 0.6 is 0 Å². The molecule has 0 aliphatic rings. The molecule has 0 unspecified atom stereocenters. The summed E-state index contributed by atoms with van der Waals surface area (Å²) in [6.45, 7) is 0.198. The molecule has 0 amide bonds. The lowest BCUT2D eigenvalue weighted by atomic mass is 10.3. The highest BCUT2D eigenvalue weighted by atomic mass is 16.2. The fraction of sp³-hybridized carbons (Fsp3) is 0.500. The first kappa shape index (κ1) is 7.37. The number of carbonyl (C=O) groups is 1. The van der Waals surface area contributed by atoms with Crippen LogP contribution < -0.4 is 0 Å². The number of allylic oxidation sites excluding steroid dienone is 2. The summed E-state index contributed by atoms with van der Waals surface area (Å²) in [6, 6.07) is 0. The Morgan fingerprint density at radius 1 is 1.50 bits per heavy atom. The van der Waals surface area contributed by atoms with Crippen molar-refractivity contribution in [1.82, 2.24) is 0 Å². The number of unbranched alkanes of at least 4 members (excludes halogenated alkanes) is 1. The monoisotopic (exact) mass is 114 g/mol. The fourth-order valence-corrected chi connectivity index (χ4v) is 0.361. The Morgan fingerprint density at radius 2 is 2.25 bits per heavy atom.